The molecule has 0 amide bonds. The van der Waals surface area contributed by atoms with E-state index in [2.05, 4.69) is 4.98 Å². The number of H-pyrrole nitrogens is 1. The van der Waals surface area contributed by atoms with Crippen LogP contribution in [0.4, 0.5) is 4.39 Å². The number of aryl methyl sites for hydroxylation is 1. The summed E-state index contributed by atoms with van der Waals surface area (Å²) in [6.45, 7) is 1.79. The van der Waals surface area contributed by atoms with E-state index < -0.39 is 5.82 Å². The lowest BCUT2D eigenvalue weighted by molar-refractivity contribution is 0.622. The van der Waals surface area contributed by atoms with E-state index in [1.807, 2.05) is 42.6 Å². The Morgan fingerprint density at radius 3 is 2.64 bits per heavy atom. The number of imidazole rings is 1. The van der Waals surface area contributed by atoms with E-state index in [-0.39, 0.29) is 5.56 Å². The summed E-state index contributed by atoms with van der Waals surface area (Å²) in [7, 11) is 0. The number of nitrogens with zero attached hydrogens (tertiary/aromatic N) is 2. The lowest BCUT2D eigenvalue weighted by Gasteiger charge is -2.07. The first-order valence-corrected chi connectivity index (χ1v) is 7.08. The van der Waals surface area contributed by atoms with E-state index in [4.69, 9.17) is 17.5 Å². The minimum Gasteiger partial charge on any atom is -0.330 e. The molecule has 0 fully saturated rings. The third-order valence-electron chi connectivity index (χ3n) is 3.47. The van der Waals surface area contributed by atoms with Crippen LogP contribution in [0.15, 0.2) is 48.7 Å². The highest BCUT2D eigenvalue weighted by atomic mass is 32.1. The molecular weight excluding hydrogens is 297 g/mol. The molecule has 1 N–H and O–H groups in total. The number of benzene rings is 2. The molecule has 108 valence electrons. The van der Waals surface area contributed by atoms with E-state index in [1.165, 1.54) is 12.1 Å². The first-order valence-electron chi connectivity index (χ1n) is 6.68. The Hall–Kier alpha value is -2.71. The Balaban J connectivity index is 2.17. The number of hydrogen-bond donors (Lipinski definition) is 1. The van der Waals surface area contributed by atoms with Crippen LogP contribution < -0.4 is 0 Å². The third kappa shape index (κ3) is 2.45. The molecule has 3 rings (SSSR count). The number of aromatic amines is 1. The summed E-state index contributed by atoms with van der Waals surface area (Å²) in [6, 6.07) is 14.5. The molecule has 0 spiro atoms. The van der Waals surface area contributed by atoms with Crippen LogP contribution in [0.25, 0.3) is 16.9 Å². The van der Waals surface area contributed by atoms with Gasteiger partial charge in [0.25, 0.3) is 0 Å². The molecule has 0 radical (unpaired) electrons. The van der Waals surface area contributed by atoms with Crippen molar-refractivity contribution in [3.8, 4) is 23.0 Å². The van der Waals surface area contributed by atoms with Gasteiger partial charge in [-0.3, -0.25) is 4.57 Å². The molecule has 3 aromatic rings. The fourth-order valence-electron chi connectivity index (χ4n) is 2.35. The van der Waals surface area contributed by atoms with Crippen molar-refractivity contribution in [2.24, 2.45) is 0 Å². The van der Waals surface area contributed by atoms with Crippen molar-refractivity contribution in [3.63, 3.8) is 0 Å². The van der Waals surface area contributed by atoms with E-state index in [1.54, 1.807) is 11.5 Å². The first-order chi connectivity index (χ1) is 10.6. The molecule has 0 aliphatic rings. The first kappa shape index (κ1) is 14.2. The van der Waals surface area contributed by atoms with Crippen molar-refractivity contribution in [2.45, 2.75) is 6.92 Å². The van der Waals surface area contributed by atoms with Gasteiger partial charge in [0.15, 0.2) is 4.77 Å². The lowest BCUT2D eigenvalue weighted by atomic mass is 10.1. The minimum atomic E-state index is -0.519. The number of nitrogens with one attached hydrogen (secondary N) is 1. The third-order valence-corrected chi connectivity index (χ3v) is 3.77. The molecule has 0 atom stereocenters. The Labute approximate surface area is 132 Å². The highest BCUT2D eigenvalue weighted by Crippen LogP contribution is 2.23. The zero-order valence-electron chi connectivity index (χ0n) is 11.8. The maximum absolute atomic E-state index is 13.7. The van der Waals surface area contributed by atoms with Crippen LogP contribution in [0.2, 0.25) is 0 Å². The van der Waals surface area contributed by atoms with Crippen molar-refractivity contribution in [2.75, 3.05) is 0 Å². The van der Waals surface area contributed by atoms with Gasteiger partial charge >= 0.3 is 0 Å². The Kier molecular flexibility index (Phi) is 3.61. The molecule has 0 aliphatic carbocycles. The van der Waals surface area contributed by atoms with E-state index in [9.17, 15) is 4.39 Å². The standard InChI is InChI=1S/C17H12FN3S/c1-11-7-14(18)13(9-19)8-16(11)21-10-15(20-17(21)22)12-5-3-2-4-6-12/h2-8,10H,1H3,(H,20,22). The van der Waals surface area contributed by atoms with Crippen molar-refractivity contribution in [1.82, 2.24) is 9.55 Å². The van der Waals surface area contributed by atoms with Gasteiger partial charge in [0.05, 0.1) is 16.9 Å². The van der Waals surface area contributed by atoms with Gasteiger partial charge in [-0.05, 0) is 42.4 Å². The Morgan fingerprint density at radius 1 is 1.23 bits per heavy atom. The highest BCUT2D eigenvalue weighted by molar-refractivity contribution is 7.71. The van der Waals surface area contributed by atoms with Crippen LogP contribution in [0.5, 0.6) is 0 Å². The summed E-state index contributed by atoms with van der Waals surface area (Å²) in [5.41, 5.74) is 3.29. The zero-order valence-corrected chi connectivity index (χ0v) is 12.6. The molecule has 0 aliphatic heterocycles. The molecule has 3 nitrogen and oxygen atoms in total. The average Bonchev–Trinajstić information content (AvgIpc) is 2.90. The van der Waals surface area contributed by atoms with Crippen LogP contribution in [-0.4, -0.2) is 9.55 Å². The summed E-state index contributed by atoms with van der Waals surface area (Å²) >= 11 is 5.36. The zero-order chi connectivity index (χ0) is 15.7. The maximum atomic E-state index is 13.7. The molecule has 22 heavy (non-hydrogen) atoms. The number of hydrogen-bond acceptors (Lipinski definition) is 2. The van der Waals surface area contributed by atoms with E-state index >= 15 is 0 Å². The second kappa shape index (κ2) is 5.58. The molecule has 0 bridgehead atoms. The SMILES string of the molecule is Cc1cc(F)c(C#N)cc1-n1cc(-c2ccccc2)[nH]c1=S. The summed E-state index contributed by atoms with van der Waals surface area (Å²) < 4.78 is 15.9. The molecule has 0 saturated carbocycles. The molecular formula is C17H12FN3S. The van der Waals surface area contributed by atoms with Crippen LogP contribution >= 0.6 is 12.2 Å². The van der Waals surface area contributed by atoms with Gasteiger partial charge in [-0.25, -0.2) is 4.39 Å². The summed E-state index contributed by atoms with van der Waals surface area (Å²) in [5.74, 6) is -0.519. The van der Waals surface area contributed by atoms with Gasteiger partial charge in [0.1, 0.15) is 11.9 Å². The smallest absolute Gasteiger partial charge is 0.182 e. The molecule has 1 aromatic heterocycles. The van der Waals surface area contributed by atoms with Crippen LogP contribution in [0.1, 0.15) is 11.1 Å². The van der Waals surface area contributed by atoms with Gasteiger partial charge in [-0.2, -0.15) is 5.26 Å². The Bertz CT molecular complexity index is 933. The van der Waals surface area contributed by atoms with E-state index in [0.29, 0.717) is 16.0 Å². The normalized spacial score (nSPS) is 10.4. The summed E-state index contributed by atoms with van der Waals surface area (Å²) in [6.07, 6.45) is 1.86. The number of rotatable bonds is 2. The number of halogens is 1. The second-order valence-corrected chi connectivity index (χ2v) is 5.33. The highest BCUT2D eigenvalue weighted by Gasteiger charge is 2.11. The number of aromatic nitrogens is 2. The summed E-state index contributed by atoms with van der Waals surface area (Å²) in [4.78, 5) is 3.14. The molecule has 2 aromatic carbocycles. The average molecular weight is 309 g/mol. The van der Waals surface area contributed by atoms with Crippen molar-refractivity contribution in [1.29, 1.82) is 5.26 Å². The monoisotopic (exact) mass is 309 g/mol. The largest absolute Gasteiger partial charge is 0.330 e. The van der Waals surface area contributed by atoms with Gasteiger partial charge < -0.3 is 4.98 Å². The molecule has 1 heterocycles. The molecule has 5 heteroatoms. The maximum Gasteiger partial charge on any atom is 0.182 e. The molecule has 0 saturated heterocycles. The van der Waals surface area contributed by atoms with Crippen molar-refractivity contribution in [3.05, 3.63) is 70.4 Å². The Morgan fingerprint density at radius 2 is 1.95 bits per heavy atom. The predicted octanol–water partition coefficient (Wildman–Crippen LogP) is 4.52. The van der Waals surface area contributed by atoms with Crippen LogP contribution in [-0.2, 0) is 0 Å². The number of nitriles is 1. The quantitative estimate of drug-likeness (QED) is 0.707. The lowest BCUT2D eigenvalue weighted by Crippen LogP contribution is -1.98. The predicted molar refractivity (Wildman–Crippen MR) is 85.8 cm³/mol. The van der Waals surface area contributed by atoms with Crippen LogP contribution in [0.3, 0.4) is 0 Å². The fraction of sp³-hybridized carbons (Fsp3) is 0.0588. The topological polar surface area (TPSA) is 44.5 Å². The minimum absolute atomic E-state index is 0.00459. The van der Waals surface area contributed by atoms with Gasteiger partial charge in [0, 0.05) is 6.20 Å². The van der Waals surface area contributed by atoms with Gasteiger partial charge in [-0.15, -0.1) is 0 Å². The van der Waals surface area contributed by atoms with Crippen molar-refractivity contribution < 1.29 is 4.39 Å². The van der Waals surface area contributed by atoms with Gasteiger partial charge in [-0.1, -0.05) is 30.3 Å². The van der Waals surface area contributed by atoms with Crippen molar-refractivity contribution >= 4 is 12.2 Å². The fourth-order valence-corrected chi connectivity index (χ4v) is 2.61. The second-order valence-electron chi connectivity index (χ2n) is 4.94. The van der Waals surface area contributed by atoms with Crippen LogP contribution in [0, 0.1) is 28.8 Å². The van der Waals surface area contributed by atoms with Gasteiger partial charge in [0.2, 0.25) is 0 Å². The molecule has 0 unspecified atom stereocenters. The van der Waals surface area contributed by atoms with E-state index in [0.717, 1.165) is 11.3 Å². The summed E-state index contributed by atoms with van der Waals surface area (Å²) in [5, 5.41) is 9.00.